The van der Waals surface area contributed by atoms with Crippen molar-refractivity contribution < 1.29 is 14.7 Å². The summed E-state index contributed by atoms with van der Waals surface area (Å²) < 4.78 is 0.654. The number of aliphatic carboxylic acids is 1. The van der Waals surface area contributed by atoms with Crippen LogP contribution in [0.2, 0.25) is 5.02 Å². The molecular formula is C14H15BrClNO3. The average Bonchev–Trinajstić information content (AvgIpc) is 2.38. The Hall–Kier alpha value is -1.07. The van der Waals surface area contributed by atoms with Crippen LogP contribution in [0.1, 0.15) is 30.1 Å². The molecule has 0 bridgehead atoms. The maximum absolute atomic E-state index is 12.4. The van der Waals surface area contributed by atoms with Crippen molar-refractivity contribution in [2.75, 3.05) is 13.1 Å². The molecule has 1 saturated heterocycles. The molecule has 0 saturated carbocycles. The van der Waals surface area contributed by atoms with Gasteiger partial charge in [-0.15, -0.1) is 0 Å². The van der Waals surface area contributed by atoms with Gasteiger partial charge in [0.25, 0.3) is 5.91 Å². The first-order valence-electron chi connectivity index (χ1n) is 6.31. The number of piperidine rings is 1. The van der Waals surface area contributed by atoms with E-state index in [0.717, 1.165) is 0 Å². The van der Waals surface area contributed by atoms with E-state index in [0.29, 0.717) is 41.0 Å². The summed E-state index contributed by atoms with van der Waals surface area (Å²) in [6.07, 6.45) is 0.943. The molecule has 0 radical (unpaired) electrons. The normalized spacial score (nSPS) is 17.9. The lowest BCUT2D eigenvalue weighted by Gasteiger charge is -2.36. The first kappa shape index (κ1) is 15.3. The van der Waals surface area contributed by atoms with Gasteiger partial charge in [-0.25, -0.2) is 0 Å². The molecular weight excluding hydrogens is 346 g/mol. The Morgan fingerprint density at radius 3 is 2.45 bits per heavy atom. The zero-order valence-corrected chi connectivity index (χ0v) is 13.4. The van der Waals surface area contributed by atoms with Crippen LogP contribution in [0.5, 0.6) is 0 Å². The van der Waals surface area contributed by atoms with Crippen LogP contribution in [0.3, 0.4) is 0 Å². The van der Waals surface area contributed by atoms with Crippen LogP contribution in [-0.4, -0.2) is 35.0 Å². The quantitative estimate of drug-likeness (QED) is 0.879. The highest BCUT2D eigenvalue weighted by molar-refractivity contribution is 9.10. The smallest absolute Gasteiger partial charge is 0.309 e. The minimum Gasteiger partial charge on any atom is -0.481 e. The van der Waals surface area contributed by atoms with Gasteiger partial charge in [-0.3, -0.25) is 9.59 Å². The molecule has 1 aliphatic heterocycles. The Kier molecular flexibility index (Phi) is 4.39. The summed E-state index contributed by atoms with van der Waals surface area (Å²) in [6, 6.07) is 5.03. The van der Waals surface area contributed by atoms with Gasteiger partial charge in [0, 0.05) is 22.6 Å². The van der Waals surface area contributed by atoms with Gasteiger partial charge in [0.05, 0.1) is 11.0 Å². The van der Waals surface area contributed by atoms with Gasteiger partial charge in [-0.2, -0.15) is 0 Å². The summed E-state index contributed by atoms with van der Waals surface area (Å²) in [7, 11) is 0. The van der Waals surface area contributed by atoms with E-state index >= 15 is 0 Å². The van der Waals surface area contributed by atoms with E-state index in [1.807, 2.05) is 0 Å². The van der Waals surface area contributed by atoms with Gasteiger partial charge >= 0.3 is 5.97 Å². The molecule has 4 nitrogen and oxygen atoms in total. The molecule has 1 amide bonds. The van der Waals surface area contributed by atoms with Crippen LogP contribution in [-0.2, 0) is 4.79 Å². The highest BCUT2D eigenvalue weighted by Crippen LogP contribution is 2.32. The van der Waals surface area contributed by atoms with Gasteiger partial charge in [-0.1, -0.05) is 11.6 Å². The van der Waals surface area contributed by atoms with E-state index in [1.54, 1.807) is 30.0 Å². The van der Waals surface area contributed by atoms with Crippen molar-refractivity contribution >= 4 is 39.4 Å². The van der Waals surface area contributed by atoms with E-state index in [4.69, 9.17) is 11.6 Å². The lowest BCUT2D eigenvalue weighted by molar-refractivity contribution is -0.150. The summed E-state index contributed by atoms with van der Waals surface area (Å²) in [5.41, 5.74) is -0.179. The third kappa shape index (κ3) is 2.99. The highest BCUT2D eigenvalue weighted by Gasteiger charge is 2.38. The molecule has 2 rings (SSSR count). The molecule has 108 valence electrons. The Morgan fingerprint density at radius 1 is 1.35 bits per heavy atom. The summed E-state index contributed by atoms with van der Waals surface area (Å²) >= 11 is 9.19. The number of likely N-dealkylation sites (tertiary alicyclic amines) is 1. The average molecular weight is 361 g/mol. The number of carbonyl (C=O) groups excluding carboxylic acids is 1. The summed E-state index contributed by atoms with van der Waals surface area (Å²) in [5.74, 6) is -0.891. The zero-order chi connectivity index (χ0) is 14.9. The largest absolute Gasteiger partial charge is 0.481 e. The Bertz CT molecular complexity index is 553. The van der Waals surface area contributed by atoms with Crippen molar-refractivity contribution in [3.63, 3.8) is 0 Å². The number of carboxylic acid groups (broad SMARTS) is 1. The van der Waals surface area contributed by atoms with Gasteiger partial charge in [-0.05, 0) is 53.9 Å². The predicted octanol–water partition coefficient (Wildman–Crippen LogP) is 3.43. The van der Waals surface area contributed by atoms with E-state index < -0.39 is 11.4 Å². The number of carbonyl (C=O) groups is 2. The molecule has 0 spiro atoms. The first-order chi connectivity index (χ1) is 9.33. The van der Waals surface area contributed by atoms with Crippen LogP contribution in [0.25, 0.3) is 0 Å². The minimum atomic E-state index is -0.794. The van der Waals surface area contributed by atoms with Crippen LogP contribution in [0, 0.1) is 5.41 Å². The second-order valence-corrected chi connectivity index (χ2v) is 6.57. The molecule has 0 atom stereocenters. The maximum Gasteiger partial charge on any atom is 0.309 e. The van der Waals surface area contributed by atoms with E-state index in [2.05, 4.69) is 15.9 Å². The molecule has 20 heavy (non-hydrogen) atoms. The number of carboxylic acids is 1. The fourth-order valence-corrected chi connectivity index (χ4v) is 3.10. The molecule has 1 heterocycles. The molecule has 1 aliphatic rings. The Balaban J connectivity index is 2.11. The molecule has 1 fully saturated rings. The van der Waals surface area contributed by atoms with Crippen LogP contribution in [0.4, 0.5) is 0 Å². The number of rotatable bonds is 2. The predicted molar refractivity (Wildman–Crippen MR) is 80.0 cm³/mol. The lowest BCUT2D eigenvalue weighted by atomic mass is 9.80. The molecule has 1 aromatic rings. The van der Waals surface area contributed by atoms with Gasteiger partial charge in [0.2, 0.25) is 0 Å². The molecule has 1 aromatic carbocycles. The Morgan fingerprint density at radius 2 is 1.95 bits per heavy atom. The van der Waals surface area contributed by atoms with Crippen molar-refractivity contribution in [3.8, 4) is 0 Å². The van der Waals surface area contributed by atoms with Crippen molar-refractivity contribution in [2.45, 2.75) is 19.8 Å². The second-order valence-electron chi connectivity index (χ2n) is 5.28. The van der Waals surface area contributed by atoms with Gasteiger partial charge in [0.15, 0.2) is 0 Å². The fourth-order valence-electron chi connectivity index (χ4n) is 2.25. The third-order valence-corrected chi connectivity index (χ3v) is 4.72. The second kappa shape index (κ2) is 5.74. The van der Waals surface area contributed by atoms with Crippen molar-refractivity contribution in [3.05, 3.63) is 33.3 Å². The minimum absolute atomic E-state index is 0.0963. The number of hydrogen-bond donors (Lipinski definition) is 1. The van der Waals surface area contributed by atoms with Crippen molar-refractivity contribution in [1.29, 1.82) is 0 Å². The Labute approximate surface area is 130 Å². The SMILES string of the molecule is CC1(C(=O)O)CCN(C(=O)c2ccc(Cl)cc2Br)CC1. The number of nitrogens with zero attached hydrogens (tertiary/aromatic N) is 1. The number of halogens is 2. The molecule has 0 aliphatic carbocycles. The fraction of sp³-hybridized carbons (Fsp3) is 0.429. The number of benzene rings is 1. The monoisotopic (exact) mass is 359 g/mol. The van der Waals surface area contributed by atoms with Crippen LogP contribution >= 0.6 is 27.5 Å². The van der Waals surface area contributed by atoms with Crippen molar-refractivity contribution in [2.24, 2.45) is 5.41 Å². The summed E-state index contributed by atoms with van der Waals surface area (Å²) in [5, 5.41) is 9.75. The molecule has 0 unspecified atom stereocenters. The number of hydrogen-bond acceptors (Lipinski definition) is 2. The van der Waals surface area contributed by atoms with Crippen molar-refractivity contribution in [1.82, 2.24) is 4.90 Å². The number of amides is 1. The maximum atomic E-state index is 12.4. The van der Waals surface area contributed by atoms with Gasteiger partial charge in [0.1, 0.15) is 0 Å². The zero-order valence-electron chi connectivity index (χ0n) is 11.0. The molecule has 1 N–H and O–H groups in total. The molecule has 6 heteroatoms. The topological polar surface area (TPSA) is 57.6 Å². The third-order valence-electron chi connectivity index (χ3n) is 3.83. The highest BCUT2D eigenvalue weighted by atomic mass is 79.9. The van der Waals surface area contributed by atoms with Crippen LogP contribution < -0.4 is 0 Å². The van der Waals surface area contributed by atoms with E-state index in [9.17, 15) is 14.7 Å². The van der Waals surface area contributed by atoms with E-state index in [-0.39, 0.29) is 5.91 Å². The summed E-state index contributed by atoms with van der Waals surface area (Å²) in [4.78, 5) is 25.3. The van der Waals surface area contributed by atoms with Gasteiger partial charge < -0.3 is 10.0 Å². The summed E-state index contributed by atoms with van der Waals surface area (Å²) in [6.45, 7) is 2.64. The molecule has 0 aromatic heterocycles. The van der Waals surface area contributed by atoms with E-state index in [1.165, 1.54) is 0 Å². The lowest BCUT2D eigenvalue weighted by Crippen LogP contribution is -2.45. The first-order valence-corrected chi connectivity index (χ1v) is 7.48. The standard InChI is InChI=1S/C14H15BrClNO3/c1-14(13(19)20)4-6-17(7-5-14)12(18)10-3-2-9(16)8-11(10)15/h2-3,8H,4-7H2,1H3,(H,19,20). The van der Waals surface area contributed by atoms with Crippen LogP contribution in [0.15, 0.2) is 22.7 Å².